The zero-order chi connectivity index (χ0) is 10.7. The van der Waals surface area contributed by atoms with Crippen molar-refractivity contribution in [3.8, 4) is 5.75 Å². The number of hydrogen-bond acceptors (Lipinski definition) is 3. The number of hydrogen-bond donors (Lipinski definition) is 0. The molecule has 1 aromatic heterocycles. The van der Waals surface area contributed by atoms with Crippen molar-refractivity contribution in [3.05, 3.63) is 41.4 Å². The summed E-state index contributed by atoms with van der Waals surface area (Å²) in [4.78, 5) is 0. The van der Waals surface area contributed by atoms with Gasteiger partial charge < -0.3 is 9.30 Å². The Morgan fingerprint density at radius 1 is 1.47 bits per heavy atom. The van der Waals surface area contributed by atoms with E-state index in [0.717, 1.165) is 11.6 Å². The molecule has 15 heavy (non-hydrogen) atoms. The second-order valence-corrected chi connectivity index (χ2v) is 3.54. The number of nitrogens with zero attached hydrogens (tertiary/aromatic N) is 3. The highest BCUT2D eigenvalue weighted by Gasteiger charge is 2.01. The molecule has 2 rings (SSSR count). The van der Waals surface area contributed by atoms with Crippen LogP contribution in [-0.2, 0) is 13.7 Å². The van der Waals surface area contributed by atoms with E-state index in [-0.39, 0.29) is 0 Å². The maximum atomic E-state index is 5.82. The van der Waals surface area contributed by atoms with Gasteiger partial charge in [0.05, 0.1) is 0 Å². The average molecular weight is 224 g/mol. The van der Waals surface area contributed by atoms with Gasteiger partial charge in [-0.15, -0.1) is 10.2 Å². The van der Waals surface area contributed by atoms with Crippen molar-refractivity contribution < 1.29 is 4.74 Å². The third kappa shape index (κ3) is 2.47. The molecule has 0 fully saturated rings. The van der Waals surface area contributed by atoms with E-state index in [1.807, 2.05) is 23.7 Å². The molecule has 0 saturated carbocycles. The average Bonchev–Trinajstić information content (AvgIpc) is 2.61. The van der Waals surface area contributed by atoms with Gasteiger partial charge in [0.25, 0.3) is 0 Å². The molecule has 0 bridgehead atoms. The fraction of sp³-hybridized carbons (Fsp3) is 0.200. The van der Waals surface area contributed by atoms with Gasteiger partial charge in [0.15, 0.2) is 5.82 Å². The van der Waals surface area contributed by atoms with Crippen LogP contribution in [0.4, 0.5) is 0 Å². The molecule has 78 valence electrons. The van der Waals surface area contributed by atoms with Crippen molar-refractivity contribution in [1.82, 2.24) is 14.8 Å². The highest BCUT2D eigenvalue weighted by atomic mass is 35.5. The van der Waals surface area contributed by atoms with Crippen LogP contribution in [0.3, 0.4) is 0 Å². The van der Waals surface area contributed by atoms with Crippen LogP contribution in [-0.4, -0.2) is 14.8 Å². The lowest BCUT2D eigenvalue weighted by molar-refractivity contribution is 0.291. The molecule has 0 amide bonds. The van der Waals surface area contributed by atoms with Crippen molar-refractivity contribution in [2.45, 2.75) is 6.61 Å². The van der Waals surface area contributed by atoms with Gasteiger partial charge in [-0.1, -0.05) is 17.7 Å². The quantitative estimate of drug-likeness (QED) is 0.800. The molecule has 4 nitrogen and oxygen atoms in total. The third-order valence-electron chi connectivity index (χ3n) is 1.97. The molecule has 5 heteroatoms. The van der Waals surface area contributed by atoms with Gasteiger partial charge in [-0.05, 0) is 18.2 Å². The van der Waals surface area contributed by atoms with Crippen LogP contribution in [0.15, 0.2) is 30.6 Å². The Morgan fingerprint density at radius 3 is 3.00 bits per heavy atom. The summed E-state index contributed by atoms with van der Waals surface area (Å²) < 4.78 is 7.31. The van der Waals surface area contributed by atoms with Crippen LogP contribution in [0.25, 0.3) is 0 Å². The first-order valence-corrected chi connectivity index (χ1v) is 4.85. The van der Waals surface area contributed by atoms with Crippen LogP contribution in [0.5, 0.6) is 5.75 Å². The molecule has 0 atom stereocenters. The van der Waals surface area contributed by atoms with Crippen LogP contribution in [0.1, 0.15) is 5.82 Å². The van der Waals surface area contributed by atoms with E-state index < -0.39 is 0 Å². The molecule has 0 aliphatic carbocycles. The molecular weight excluding hydrogens is 214 g/mol. The molecular formula is C10H10ClN3O. The van der Waals surface area contributed by atoms with Crippen LogP contribution in [0.2, 0.25) is 5.02 Å². The largest absolute Gasteiger partial charge is 0.486 e. The number of rotatable bonds is 3. The van der Waals surface area contributed by atoms with Crippen molar-refractivity contribution >= 4 is 11.6 Å². The summed E-state index contributed by atoms with van der Waals surface area (Å²) in [6, 6.07) is 7.26. The van der Waals surface area contributed by atoms with E-state index in [9.17, 15) is 0 Å². The minimum absolute atomic E-state index is 0.386. The van der Waals surface area contributed by atoms with Gasteiger partial charge >= 0.3 is 0 Å². The Bertz CT molecular complexity index is 455. The van der Waals surface area contributed by atoms with Crippen molar-refractivity contribution in [1.29, 1.82) is 0 Å². The van der Waals surface area contributed by atoms with E-state index in [0.29, 0.717) is 11.6 Å². The summed E-state index contributed by atoms with van der Waals surface area (Å²) >= 11 is 5.82. The molecule has 0 aliphatic rings. The molecule has 0 aliphatic heterocycles. The number of aryl methyl sites for hydroxylation is 1. The highest BCUT2D eigenvalue weighted by Crippen LogP contribution is 2.17. The molecule has 1 heterocycles. The van der Waals surface area contributed by atoms with Gasteiger partial charge in [0.2, 0.25) is 0 Å². The van der Waals surface area contributed by atoms with Gasteiger partial charge in [-0.3, -0.25) is 0 Å². The van der Waals surface area contributed by atoms with E-state index in [1.54, 1.807) is 18.5 Å². The second-order valence-electron chi connectivity index (χ2n) is 3.10. The van der Waals surface area contributed by atoms with Crippen LogP contribution >= 0.6 is 11.6 Å². The molecule has 1 aromatic carbocycles. The zero-order valence-corrected chi connectivity index (χ0v) is 8.98. The first-order valence-electron chi connectivity index (χ1n) is 4.47. The number of benzene rings is 1. The Hall–Kier alpha value is -1.55. The molecule has 0 saturated heterocycles. The summed E-state index contributed by atoms with van der Waals surface area (Å²) in [6.07, 6.45) is 1.64. The molecule has 0 N–H and O–H groups in total. The smallest absolute Gasteiger partial charge is 0.170 e. The number of aromatic nitrogens is 3. The predicted octanol–water partition coefficient (Wildman–Crippen LogP) is 2.05. The van der Waals surface area contributed by atoms with E-state index in [1.165, 1.54) is 0 Å². The summed E-state index contributed by atoms with van der Waals surface area (Å²) in [5, 5.41) is 8.32. The monoisotopic (exact) mass is 223 g/mol. The van der Waals surface area contributed by atoms with E-state index >= 15 is 0 Å². The van der Waals surface area contributed by atoms with Crippen molar-refractivity contribution in [2.75, 3.05) is 0 Å². The molecule has 0 radical (unpaired) electrons. The second kappa shape index (κ2) is 4.31. The Kier molecular flexibility index (Phi) is 2.87. The third-order valence-corrected chi connectivity index (χ3v) is 2.20. The lowest BCUT2D eigenvalue weighted by atomic mass is 10.3. The lowest BCUT2D eigenvalue weighted by Gasteiger charge is -2.05. The Balaban J connectivity index is 2.02. The lowest BCUT2D eigenvalue weighted by Crippen LogP contribution is -2.02. The maximum absolute atomic E-state index is 5.82. The zero-order valence-electron chi connectivity index (χ0n) is 8.22. The summed E-state index contributed by atoms with van der Waals surface area (Å²) in [5.74, 6) is 1.50. The summed E-state index contributed by atoms with van der Waals surface area (Å²) in [5.41, 5.74) is 0. The van der Waals surface area contributed by atoms with Gasteiger partial charge in [-0.25, -0.2) is 0 Å². The Morgan fingerprint density at radius 2 is 2.33 bits per heavy atom. The predicted molar refractivity (Wildman–Crippen MR) is 56.8 cm³/mol. The minimum Gasteiger partial charge on any atom is -0.486 e. The molecule has 2 aromatic rings. The van der Waals surface area contributed by atoms with Crippen molar-refractivity contribution in [3.63, 3.8) is 0 Å². The fourth-order valence-corrected chi connectivity index (χ4v) is 1.32. The van der Waals surface area contributed by atoms with Crippen molar-refractivity contribution in [2.24, 2.45) is 7.05 Å². The molecule has 0 unspecified atom stereocenters. The number of ether oxygens (including phenoxy) is 1. The van der Waals surface area contributed by atoms with Crippen LogP contribution < -0.4 is 4.74 Å². The minimum atomic E-state index is 0.386. The highest BCUT2D eigenvalue weighted by molar-refractivity contribution is 6.30. The normalized spacial score (nSPS) is 10.3. The number of halogens is 1. The summed E-state index contributed by atoms with van der Waals surface area (Å²) in [6.45, 7) is 0.386. The topological polar surface area (TPSA) is 39.9 Å². The van der Waals surface area contributed by atoms with E-state index in [4.69, 9.17) is 16.3 Å². The van der Waals surface area contributed by atoms with E-state index in [2.05, 4.69) is 10.2 Å². The van der Waals surface area contributed by atoms with Gasteiger partial charge in [-0.2, -0.15) is 0 Å². The SMILES string of the molecule is Cn1cnnc1COc1cccc(Cl)c1. The van der Waals surface area contributed by atoms with Gasteiger partial charge in [0.1, 0.15) is 18.7 Å². The maximum Gasteiger partial charge on any atom is 0.170 e. The Labute approximate surface area is 92.5 Å². The van der Waals surface area contributed by atoms with Crippen LogP contribution in [0, 0.1) is 0 Å². The first kappa shape index (κ1) is 9.98. The standard InChI is InChI=1S/C10H10ClN3O/c1-14-7-12-13-10(14)6-15-9-4-2-3-8(11)5-9/h2-5,7H,6H2,1H3. The fourth-order valence-electron chi connectivity index (χ4n) is 1.14. The van der Waals surface area contributed by atoms with Gasteiger partial charge in [0, 0.05) is 12.1 Å². The summed E-state index contributed by atoms with van der Waals surface area (Å²) in [7, 11) is 1.87. The first-order chi connectivity index (χ1) is 7.25. The molecule has 0 spiro atoms.